The monoisotopic (exact) mass is 714 g/mol. The van der Waals surface area contributed by atoms with Gasteiger partial charge in [0.15, 0.2) is 0 Å². The highest BCUT2D eigenvalue weighted by Crippen LogP contribution is 2.42. The average Bonchev–Trinajstić information content (AvgIpc) is 3.89. The molecule has 0 amide bonds. The molecule has 5 aromatic rings. The number of aliphatic hydroxyl groups is 1. The normalized spacial score (nSPS) is 20.4. The molecule has 0 saturated carbocycles. The number of aromatic nitrogens is 6. The highest BCUT2D eigenvalue weighted by Gasteiger charge is 2.44. The van der Waals surface area contributed by atoms with Gasteiger partial charge in [0.25, 0.3) is 0 Å². The average molecular weight is 715 g/mol. The van der Waals surface area contributed by atoms with E-state index in [9.17, 15) is 18.7 Å². The first-order chi connectivity index (χ1) is 25.1. The van der Waals surface area contributed by atoms with Gasteiger partial charge in [-0.05, 0) is 73.9 Å². The van der Waals surface area contributed by atoms with E-state index in [0.29, 0.717) is 25.2 Å². The van der Waals surface area contributed by atoms with Crippen LogP contribution in [0.5, 0.6) is 5.75 Å². The number of rotatable bonds is 12. The molecule has 14 heteroatoms. The summed E-state index contributed by atoms with van der Waals surface area (Å²) in [5, 5.41) is 18.7. The van der Waals surface area contributed by atoms with Gasteiger partial charge in [-0.2, -0.15) is 10.2 Å². The van der Waals surface area contributed by atoms with Crippen LogP contribution in [0, 0.1) is 23.5 Å². The van der Waals surface area contributed by atoms with E-state index in [4.69, 9.17) is 9.47 Å². The van der Waals surface area contributed by atoms with Gasteiger partial charge in [0.2, 0.25) is 0 Å². The molecule has 0 bridgehead atoms. The van der Waals surface area contributed by atoms with Crippen molar-refractivity contribution in [1.29, 1.82) is 0 Å². The topological polar surface area (TPSA) is 116 Å². The van der Waals surface area contributed by atoms with Crippen LogP contribution in [0.4, 0.5) is 20.2 Å². The maximum Gasteiger partial charge on any atom is 0.350 e. The molecule has 4 heterocycles. The van der Waals surface area contributed by atoms with E-state index in [0.717, 1.165) is 55.1 Å². The summed E-state index contributed by atoms with van der Waals surface area (Å²) in [6.07, 6.45) is 4.26. The van der Waals surface area contributed by atoms with Gasteiger partial charge >= 0.3 is 5.69 Å². The third kappa shape index (κ3) is 7.30. The van der Waals surface area contributed by atoms with Crippen LogP contribution in [-0.2, 0) is 16.9 Å². The maximum absolute atomic E-state index is 15.0. The number of piperazine rings is 1. The number of nitrogens with zero attached hydrogens (tertiary/aromatic N) is 8. The summed E-state index contributed by atoms with van der Waals surface area (Å²) in [4.78, 5) is 21.8. The summed E-state index contributed by atoms with van der Waals surface area (Å²) in [6.45, 7) is 9.97. The largest absolute Gasteiger partial charge is 0.493 e. The second kappa shape index (κ2) is 14.9. The standard InChI is InChI=1S/C38H44F2N8O4/c1-26(2)36(27(3)49)48-37(50)47(25-43-48)32-7-5-30(6-8-32)44-14-16-45(17-15-44)31-9-11-33(12-10-31)51-20-28-19-38(52-21-28,22-46-24-41-23-42-46)34-13-4-29(39)18-35(34)40/h4-13,18,23-28,36,49H,14-17,19-22H2,1-3H3. The second-order valence-corrected chi connectivity index (χ2v) is 14.1. The molecular weight excluding hydrogens is 670 g/mol. The molecular formula is C38H44F2N8O4. The summed E-state index contributed by atoms with van der Waals surface area (Å²) < 4.78 is 45.6. The Morgan fingerprint density at radius 2 is 1.56 bits per heavy atom. The number of hydrogen-bond donors (Lipinski definition) is 1. The zero-order valence-corrected chi connectivity index (χ0v) is 29.6. The Labute approximate surface area is 300 Å². The first kappa shape index (κ1) is 35.3. The molecule has 2 fully saturated rings. The van der Waals surface area contributed by atoms with E-state index in [2.05, 4.69) is 37.1 Å². The zero-order valence-electron chi connectivity index (χ0n) is 29.6. The lowest BCUT2D eigenvalue weighted by atomic mass is 9.87. The minimum Gasteiger partial charge on any atom is -0.493 e. The number of benzene rings is 3. The maximum atomic E-state index is 15.0. The van der Waals surface area contributed by atoms with E-state index < -0.39 is 29.4 Å². The summed E-state index contributed by atoms with van der Waals surface area (Å²) in [7, 11) is 0. The Balaban J connectivity index is 0.924. The number of aliphatic hydroxyl groups excluding tert-OH is 1. The van der Waals surface area contributed by atoms with Crippen molar-refractivity contribution >= 4 is 11.4 Å². The predicted octanol–water partition coefficient (Wildman–Crippen LogP) is 4.82. The lowest BCUT2D eigenvalue weighted by Crippen LogP contribution is -2.46. The number of ether oxygens (including phenoxy) is 2. The molecule has 12 nitrogen and oxygen atoms in total. The van der Waals surface area contributed by atoms with E-state index in [-0.39, 0.29) is 24.1 Å². The fourth-order valence-corrected chi connectivity index (χ4v) is 7.54. The van der Waals surface area contributed by atoms with E-state index in [1.54, 1.807) is 17.9 Å². The lowest BCUT2D eigenvalue weighted by molar-refractivity contribution is -0.0206. The van der Waals surface area contributed by atoms with Gasteiger partial charge in [0.1, 0.15) is 42.0 Å². The molecule has 1 N–H and O–H groups in total. The molecule has 2 aromatic heterocycles. The van der Waals surface area contributed by atoms with Crippen LogP contribution in [0.15, 0.2) is 90.5 Å². The third-order valence-corrected chi connectivity index (χ3v) is 10.1. The van der Waals surface area contributed by atoms with Crippen molar-refractivity contribution in [3.8, 4) is 11.4 Å². The molecule has 0 radical (unpaired) electrons. The van der Waals surface area contributed by atoms with Crippen molar-refractivity contribution in [2.24, 2.45) is 11.8 Å². The van der Waals surface area contributed by atoms with E-state index >= 15 is 0 Å². The Kier molecular flexibility index (Phi) is 10.1. The highest BCUT2D eigenvalue weighted by atomic mass is 19.1. The molecule has 0 aliphatic carbocycles. The molecule has 2 saturated heterocycles. The van der Waals surface area contributed by atoms with Crippen LogP contribution >= 0.6 is 0 Å². The molecule has 3 aromatic carbocycles. The van der Waals surface area contributed by atoms with Gasteiger partial charge in [-0.3, -0.25) is 0 Å². The van der Waals surface area contributed by atoms with Crippen molar-refractivity contribution in [1.82, 2.24) is 29.1 Å². The predicted molar refractivity (Wildman–Crippen MR) is 192 cm³/mol. The Morgan fingerprint density at radius 3 is 2.15 bits per heavy atom. The molecule has 2 aliphatic heterocycles. The number of hydrogen-bond acceptors (Lipinski definition) is 9. The Hall–Kier alpha value is -5.08. The Bertz CT molecular complexity index is 1980. The minimum atomic E-state index is -1.02. The quantitative estimate of drug-likeness (QED) is 0.194. The Morgan fingerprint density at radius 1 is 0.904 bits per heavy atom. The molecule has 4 unspecified atom stereocenters. The molecule has 52 heavy (non-hydrogen) atoms. The van der Waals surface area contributed by atoms with Crippen molar-refractivity contribution in [3.63, 3.8) is 0 Å². The van der Waals surface area contributed by atoms with Crippen molar-refractivity contribution in [3.05, 3.63) is 113 Å². The van der Waals surface area contributed by atoms with Crippen LogP contribution in [0.25, 0.3) is 5.69 Å². The van der Waals surface area contributed by atoms with Gasteiger partial charge < -0.3 is 24.4 Å². The fraction of sp³-hybridized carbons (Fsp3) is 0.421. The van der Waals surface area contributed by atoms with Gasteiger partial charge in [-0.1, -0.05) is 19.9 Å². The van der Waals surface area contributed by atoms with Crippen molar-refractivity contribution < 1.29 is 23.4 Å². The van der Waals surface area contributed by atoms with Gasteiger partial charge in [-0.15, -0.1) is 0 Å². The highest BCUT2D eigenvalue weighted by molar-refractivity contribution is 5.54. The second-order valence-electron chi connectivity index (χ2n) is 14.1. The van der Waals surface area contributed by atoms with Crippen LogP contribution in [-0.4, -0.2) is 79.7 Å². The first-order valence-corrected chi connectivity index (χ1v) is 17.7. The van der Waals surface area contributed by atoms with Crippen LogP contribution in [0.2, 0.25) is 0 Å². The molecule has 7 rings (SSSR count). The molecule has 4 atom stereocenters. The third-order valence-electron chi connectivity index (χ3n) is 10.1. The summed E-state index contributed by atoms with van der Waals surface area (Å²) in [5.41, 5.74) is 1.92. The first-order valence-electron chi connectivity index (χ1n) is 17.7. The van der Waals surface area contributed by atoms with E-state index in [1.165, 1.54) is 34.0 Å². The fourth-order valence-electron chi connectivity index (χ4n) is 7.54. The molecule has 2 aliphatic rings. The lowest BCUT2D eigenvalue weighted by Gasteiger charge is -2.37. The summed E-state index contributed by atoms with van der Waals surface area (Å²) in [5.74, 6) is -0.514. The van der Waals surface area contributed by atoms with Crippen molar-refractivity contribution in [2.45, 2.75) is 51.5 Å². The smallest absolute Gasteiger partial charge is 0.350 e. The SMILES string of the molecule is CC(C)C(C(C)O)n1ncn(-c2ccc(N3CCN(c4ccc(OCC5COC(Cn6cncn6)(c6ccc(F)cc6F)C5)cc4)CC3)cc2)c1=O. The zero-order chi connectivity index (χ0) is 36.4. The van der Waals surface area contributed by atoms with Crippen LogP contribution in [0.3, 0.4) is 0 Å². The number of halogens is 2. The van der Waals surface area contributed by atoms with Crippen molar-refractivity contribution in [2.75, 3.05) is 49.2 Å². The summed E-state index contributed by atoms with van der Waals surface area (Å²) >= 11 is 0. The van der Waals surface area contributed by atoms with Crippen LogP contribution in [0.1, 0.15) is 38.8 Å². The molecule has 0 spiro atoms. The van der Waals surface area contributed by atoms with E-state index in [1.807, 2.05) is 50.2 Å². The molecule has 274 valence electrons. The van der Waals surface area contributed by atoms with Gasteiger partial charge in [0, 0.05) is 55.1 Å². The van der Waals surface area contributed by atoms with Crippen LogP contribution < -0.4 is 20.2 Å². The minimum absolute atomic E-state index is 0.0132. The summed E-state index contributed by atoms with van der Waals surface area (Å²) in [6, 6.07) is 19.1. The van der Waals surface area contributed by atoms with Gasteiger partial charge in [0.05, 0.1) is 37.6 Å². The number of anilines is 2. The van der Waals surface area contributed by atoms with Gasteiger partial charge in [-0.25, -0.2) is 32.5 Å².